The number of carbonyl (C=O) groups excluding carboxylic acids is 2. The average Bonchev–Trinajstić information content (AvgIpc) is 3.04. The smallest absolute Gasteiger partial charge is 0.300 e. The fourth-order valence-electron chi connectivity index (χ4n) is 3.93. The van der Waals surface area contributed by atoms with Crippen molar-refractivity contribution in [3.63, 3.8) is 0 Å². The summed E-state index contributed by atoms with van der Waals surface area (Å²) >= 11 is 12.3. The normalized spacial score (nSPS) is 17.5. The number of benzene rings is 3. The Morgan fingerprint density at radius 3 is 2.24 bits per heavy atom. The van der Waals surface area contributed by atoms with Crippen LogP contribution in [0.1, 0.15) is 22.7 Å². The molecule has 0 bridgehead atoms. The van der Waals surface area contributed by atoms with Gasteiger partial charge in [-0.2, -0.15) is 0 Å². The molecule has 1 heterocycles. The summed E-state index contributed by atoms with van der Waals surface area (Å²) in [6.45, 7) is 1.78. The van der Waals surface area contributed by atoms with Gasteiger partial charge < -0.3 is 14.9 Å². The fourth-order valence-corrected chi connectivity index (χ4v) is 4.41. The Balaban J connectivity index is 2.00. The highest BCUT2D eigenvalue weighted by Gasteiger charge is 2.47. The number of phenols is 1. The van der Waals surface area contributed by atoms with Crippen molar-refractivity contribution in [2.45, 2.75) is 13.0 Å². The molecule has 168 valence electrons. The first-order valence-corrected chi connectivity index (χ1v) is 10.7. The van der Waals surface area contributed by atoms with E-state index in [9.17, 15) is 19.8 Å². The molecule has 6 nitrogen and oxygen atoms in total. The van der Waals surface area contributed by atoms with Crippen molar-refractivity contribution >= 4 is 46.3 Å². The summed E-state index contributed by atoms with van der Waals surface area (Å²) in [6.07, 6.45) is 0. The number of hydrogen-bond acceptors (Lipinski definition) is 5. The molecule has 1 atom stereocenters. The average molecular weight is 484 g/mol. The second kappa shape index (κ2) is 8.81. The lowest BCUT2D eigenvalue weighted by Gasteiger charge is -2.25. The van der Waals surface area contributed by atoms with Gasteiger partial charge in [-0.15, -0.1) is 0 Å². The first-order valence-electron chi connectivity index (χ1n) is 9.93. The number of ketones is 1. The molecule has 4 rings (SSSR count). The van der Waals surface area contributed by atoms with Crippen molar-refractivity contribution in [1.82, 2.24) is 0 Å². The molecule has 33 heavy (non-hydrogen) atoms. The van der Waals surface area contributed by atoms with Crippen LogP contribution in [0.15, 0.2) is 66.2 Å². The molecule has 1 aliphatic heterocycles. The van der Waals surface area contributed by atoms with Gasteiger partial charge in [0.25, 0.3) is 11.7 Å². The summed E-state index contributed by atoms with van der Waals surface area (Å²) < 4.78 is 5.37. The van der Waals surface area contributed by atoms with Crippen molar-refractivity contribution in [1.29, 1.82) is 0 Å². The molecule has 0 aliphatic carbocycles. The zero-order valence-electron chi connectivity index (χ0n) is 17.7. The minimum atomic E-state index is -0.962. The first-order chi connectivity index (χ1) is 15.7. The van der Waals surface area contributed by atoms with Crippen LogP contribution in [0.4, 0.5) is 5.69 Å². The molecule has 3 aromatic carbocycles. The van der Waals surface area contributed by atoms with Crippen LogP contribution in [0, 0.1) is 6.92 Å². The maximum absolute atomic E-state index is 13.2. The van der Waals surface area contributed by atoms with Crippen LogP contribution in [0.3, 0.4) is 0 Å². The van der Waals surface area contributed by atoms with Crippen molar-refractivity contribution < 1.29 is 24.5 Å². The minimum absolute atomic E-state index is 0.0225. The van der Waals surface area contributed by atoms with E-state index in [1.807, 2.05) is 0 Å². The van der Waals surface area contributed by atoms with E-state index >= 15 is 0 Å². The fraction of sp³-hybridized carbons (Fsp3) is 0.120. The topological polar surface area (TPSA) is 87.1 Å². The Morgan fingerprint density at radius 2 is 1.64 bits per heavy atom. The largest absolute Gasteiger partial charge is 0.508 e. The van der Waals surface area contributed by atoms with E-state index in [1.165, 1.54) is 24.1 Å². The third-order valence-electron chi connectivity index (χ3n) is 5.41. The Kier molecular flexibility index (Phi) is 6.06. The number of aryl methyl sites for hydroxylation is 1. The van der Waals surface area contributed by atoms with Crippen molar-refractivity contribution in [2.24, 2.45) is 0 Å². The summed E-state index contributed by atoms with van der Waals surface area (Å²) in [5.41, 5.74) is 1.74. The van der Waals surface area contributed by atoms with Gasteiger partial charge in [-0.1, -0.05) is 35.3 Å². The molecule has 0 aromatic heterocycles. The van der Waals surface area contributed by atoms with Gasteiger partial charge in [0.15, 0.2) is 0 Å². The number of halogens is 2. The van der Waals surface area contributed by atoms with Gasteiger partial charge in [0.2, 0.25) is 0 Å². The highest BCUT2D eigenvalue weighted by molar-refractivity contribution is 6.51. The maximum Gasteiger partial charge on any atom is 0.300 e. The third kappa shape index (κ3) is 4.03. The zero-order valence-corrected chi connectivity index (χ0v) is 19.2. The Hall–Kier alpha value is -3.48. The Bertz CT molecular complexity index is 1280. The van der Waals surface area contributed by atoms with Gasteiger partial charge in [-0.25, -0.2) is 0 Å². The van der Waals surface area contributed by atoms with Crippen LogP contribution in [0.25, 0.3) is 5.76 Å². The monoisotopic (exact) mass is 483 g/mol. The van der Waals surface area contributed by atoms with Crippen LogP contribution in [0.2, 0.25) is 10.0 Å². The second-order valence-electron chi connectivity index (χ2n) is 7.56. The number of aliphatic hydroxyl groups is 1. The molecule has 0 saturated carbocycles. The Morgan fingerprint density at radius 1 is 1.00 bits per heavy atom. The maximum atomic E-state index is 13.2. The number of rotatable bonds is 4. The SMILES string of the molecule is COc1c(Cl)cc(C)cc1/C(O)=C1\C(=O)C(=O)N(c2ccc(Cl)cc2)C1c1ccc(O)cc1. The van der Waals surface area contributed by atoms with Crippen LogP contribution in [-0.2, 0) is 9.59 Å². The van der Waals surface area contributed by atoms with Gasteiger partial charge >= 0.3 is 0 Å². The highest BCUT2D eigenvalue weighted by Crippen LogP contribution is 2.44. The lowest BCUT2D eigenvalue weighted by molar-refractivity contribution is -0.132. The molecule has 8 heteroatoms. The molecule has 2 N–H and O–H groups in total. The predicted molar refractivity (Wildman–Crippen MR) is 127 cm³/mol. The number of amides is 1. The number of carbonyl (C=O) groups is 2. The van der Waals surface area contributed by atoms with Crippen molar-refractivity contribution in [3.8, 4) is 11.5 Å². The molecule has 3 aromatic rings. The van der Waals surface area contributed by atoms with E-state index in [1.54, 1.807) is 55.5 Å². The standard InChI is InChI=1S/C25H19Cl2NO5/c1-13-11-18(24(33-2)19(27)12-13)22(30)20-21(14-3-9-17(29)10-4-14)28(25(32)23(20)31)16-7-5-15(26)6-8-16/h3-12,21,29-30H,1-2H3/b22-20+. The molecular weight excluding hydrogens is 465 g/mol. The van der Waals surface area contributed by atoms with Gasteiger partial charge in [0.05, 0.1) is 29.3 Å². The molecular formula is C25H19Cl2NO5. The van der Waals surface area contributed by atoms with Gasteiger partial charge in [0, 0.05) is 10.7 Å². The van der Waals surface area contributed by atoms with Crippen LogP contribution in [-0.4, -0.2) is 29.0 Å². The molecule has 1 amide bonds. The minimum Gasteiger partial charge on any atom is -0.508 e. The van der Waals surface area contributed by atoms with Crippen LogP contribution in [0.5, 0.6) is 11.5 Å². The zero-order chi connectivity index (χ0) is 23.9. The van der Waals surface area contributed by atoms with E-state index in [2.05, 4.69) is 0 Å². The predicted octanol–water partition coefficient (Wildman–Crippen LogP) is 5.64. The van der Waals surface area contributed by atoms with Crippen molar-refractivity contribution in [2.75, 3.05) is 12.0 Å². The molecule has 1 aliphatic rings. The number of anilines is 1. The van der Waals surface area contributed by atoms with Crippen molar-refractivity contribution in [3.05, 3.63) is 93.0 Å². The summed E-state index contributed by atoms with van der Waals surface area (Å²) in [4.78, 5) is 27.7. The van der Waals surface area contributed by atoms with E-state index < -0.39 is 23.5 Å². The number of aromatic hydroxyl groups is 1. The van der Waals surface area contributed by atoms with Gasteiger partial charge in [0.1, 0.15) is 17.3 Å². The number of nitrogens with zero attached hydrogens (tertiary/aromatic N) is 1. The molecule has 0 spiro atoms. The lowest BCUT2D eigenvalue weighted by atomic mass is 9.94. The number of phenolic OH excluding ortho intramolecular Hbond substituents is 1. The van der Waals surface area contributed by atoms with Gasteiger partial charge in [-0.05, 0) is 66.6 Å². The first kappa shape index (κ1) is 22.7. The summed E-state index contributed by atoms with van der Waals surface area (Å²) in [7, 11) is 1.40. The molecule has 0 radical (unpaired) electrons. The summed E-state index contributed by atoms with van der Waals surface area (Å²) in [6, 6.07) is 14.8. The Labute approximate surface area is 200 Å². The van der Waals surface area contributed by atoms with Gasteiger partial charge in [-0.3, -0.25) is 14.5 Å². The van der Waals surface area contributed by atoms with E-state index in [-0.39, 0.29) is 27.7 Å². The number of aliphatic hydroxyl groups excluding tert-OH is 1. The lowest BCUT2D eigenvalue weighted by Crippen LogP contribution is -2.29. The summed E-state index contributed by atoms with van der Waals surface area (Å²) in [5.74, 6) is -1.88. The molecule has 1 saturated heterocycles. The number of ether oxygens (including phenoxy) is 1. The highest BCUT2D eigenvalue weighted by atomic mass is 35.5. The third-order valence-corrected chi connectivity index (χ3v) is 5.94. The van der Waals surface area contributed by atoms with E-state index in [0.29, 0.717) is 16.3 Å². The number of hydrogen-bond donors (Lipinski definition) is 2. The quantitative estimate of drug-likeness (QED) is 0.284. The number of methoxy groups -OCH3 is 1. The second-order valence-corrected chi connectivity index (χ2v) is 8.41. The number of Topliss-reactive ketones (excluding diaryl/α,β-unsaturated/α-hetero) is 1. The van der Waals surface area contributed by atoms with Crippen LogP contribution < -0.4 is 9.64 Å². The molecule has 1 fully saturated rings. The summed E-state index contributed by atoms with van der Waals surface area (Å²) in [5, 5.41) is 21.8. The van der Waals surface area contributed by atoms with E-state index in [4.69, 9.17) is 27.9 Å². The van der Waals surface area contributed by atoms with Crippen LogP contribution >= 0.6 is 23.2 Å². The van der Waals surface area contributed by atoms with E-state index in [0.717, 1.165) is 5.56 Å². The molecule has 1 unspecified atom stereocenters.